The average molecular weight is 476 g/mol. The summed E-state index contributed by atoms with van der Waals surface area (Å²) < 4.78 is 27.7. The van der Waals surface area contributed by atoms with Crippen LogP contribution in [0.1, 0.15) is 26.2 Å². The lowest BCUT2D eigenvalue weighted by Gasteiger charge is -2.13. The molecular formula is C14H29IN4O4S. The molecule has 10 heteroatoms. The smallest absolute Gasteiger partial charge is 0.222 e. The molecule has 1 heterocycles. The molecule has 1 atom stereocenters. The quantitative estimate of drug-likeness (QED) is 0.186. The fraction of sp³-hybridized carbons (Fsp3) is 0.857. The molecule has 1 saturated heterocycles. The van der Waals surface area contributed by atoms with Crippen molar-refractivity contribution in [3.05, 3.63) is 0 Å². The Hall–Kier alpha value is -0.620. The number of rotatable bonds is 9. The number of hydrogen-bond donors (Lipinski definition) is 3. The van der Waals surface area contributed by atoms with Crippen LogP contribution in [0, 0.1) is 0 Å². The minimum atomic E-state index is -2.97. The zero-order valence-corrected chi connectivity index (χ0v) is 17.5. The second-order valence-electron chi connectivity index (χ2n) is 5.45. The highest BCUT2D eigenvalue weighted by Gasteiger charge is 2.28. The predicted octanol–water partition coefficient (Wildman–Crippen LogP) is -0.111. The lowest BCUT2D eigenvalue weighted by molar-refractivity contribution is -0.121. The molecule has 0 aromatic carbocycles. The summed E-state index contributed by atoms with van der Waals surface area (Å²) in [5, 5.41) is 8.96. The summed E-state index contributed by atoms with van der Waals surface area (Å²) >= 11 is 0. The summed E-state index contributed by atoms with van der Waals surface area (Å²) in [6.45, 7) is 4.47. The van der Waals surface area contributed by atoms with Gasteiger partial charge < -0.3 is 20.7 Å². The van der Waals surface area contributed by atoms with Crippen molar-refractivity contribution in [3.8, 4) is 0 Å². The monoisotopic (exact) mass is 476 g/mol. The number of aliphatic imine (C=N–C) groups is 1. The Labute approximate surface area is 161 Å². The zero-order chi connectivity index (χ0) is 17.1. The van der Waals surface area contributed by atoms with Gasteiger partial charge in [0.2, 0.25) is 5.91 Å². The van der Waals surface area contributed by atoms with Crippen LogP contribution < -0.4 is 16.0 Å². The number of guanidine groups is 1. The number of methoxy groups -OCH3 is 1. The highest BCUT2D eigenvalue weighted by molar-refractivity contribution is 14.0. The molecule has 1 unspecified atom stereocenters. The maximum atomic E-state index is 11.8. The van der Waals surface area contributed by atoms with E-state index < -0.39 is 9.84 Å². The largest absolute Gasteiger partial charge is 0.385 e. The number of nitrogens with one attached hydrogen (secondary N) is 3. The van der Waals surface area contributed by atoms with Crippen molar-refractivity contribution in [1.29, 1.82) is 0 Å². The summed E-state index contributed by atoms with van der Waals surface area (Å²) in [6.07, 6.45) is 1.62. The highest BCUT2D eigenvalue weighted by atomic mass is 127. The van der Waals surface area contributed by atoms with Crippen LogP contribution in [0.5, 0.6) is 0 Å². The van der Waals surface area contributed by atoms with E-state index in [1.807, 2.05) is 6.92 Å². The zero-order valence-electron chi connectivity index (χ0n) is 14.3. The van der Waals surface area contributed by atoms with E-state index in [-0.39, 0.29) is 53.9 Å². The molecule has 0 radical (unpaired) electrons. The fourth-order valence-electron chi connectivity index (χ4n) is 2.24. The molecular weight excluding hydrogens is 447 g/mol. The predicted molar refractivity (Wildman–Crippen MR) is 106 cm³/mol. The average Bonchev–Trinajstić information content (AvgIpc) is 2.82. The third-order valence-corrected chi connectivity index (χ3v) is 5.13. The van der Waals surface area contributed by atoms with Gasteiger partial charge in [0.25, 0.3) is 0 Å². The summed E-state index contributed by atoms with van der Waals surface area (Å²) in [7, 11) is -1.31. The van der Waals surface area contributed by atoms with Gasteiger partial charge in [-0.25, -0.2) is 8.42 Å². The maximum Gasteiger partial charge on any atom is 0.222 e. The maximum absolute atomic E-state index is 11.8. The van der Waals surface area contributed by atoms with Crippen LogP contribution in [-0.4, -0.2) is 71.2 Å². The number of nitrogens with zero attached hydrogens (tertiary/aromatic N) is 1. The van der Waals surface area contributed by atoms with Gasteiger partial charge in [0.1, 0.15) is 0 Å². The minimum absolute atomic E-state index is 0. The molecule has 0 aliphatic carbocycles. The lowest BCUT2D eigenvalue weighted by Crippen LogP contribution is -2.41. The molecule has 142 valence electrons. The first kappa shape index (κ1) is 23.4. The first-order valence-electron chi connectivity index (χ1n) is 7.97. The molecule has 1 aliphatic heterocycles. The van der Waals surface area contributed by atoms with Crippen molar-refractivity contribution in [2.24, 2.45) is 4.99 Å². The molecule has 1 aliphatic rings. The summed E-state index contributed by atoms with van der Waals surface area (Å²) in [6, 6.07) is -0.247. The van der Waals surface area contributed by atoms with Gasteiger partial charge in [-0.2, -0.15) is 0 Å². The third-order valence-electron chi connectivity index (χ3n) is 3.36. The second-order valence-corrected chi connectivity index (χ2v) is 7.68. The molecule has 0 aromatic rings. The van der Waals surface area contributed by atoms with Crippen molar-refractivity contribution in [2.45, 2.75) is 32.2 Å². The van der Waals surface area contributed by atoms with Gasteiger partial charge in [-0.15, -0.1) is 24.0 Å². The molecule has 24 heavy (non-hydrogen) atoms. The van der Waals surface area contributed by atoms with E-state index in [0.717, 1.165) is 13.0 Å². The van der Waals surface area contributed by atoms with Crippen molar-refractivity contribution in [3.63, 3.8) is 0 Å². The molecule has 0 aromatic heterocycles. The molecule has 0 spiro atoms. The Morgan fingerprint density at radius 1 is 1.33 bits per heavy atom. The first-order chi connectivity index (χ1) is 11.0. The van der Waals surface area contributed by atoms with Crippen LogP contribution in [0.2, 0.25) is 0 Å². The van der Waals surface area contributed by atoms with Gasteiger partial charge in [0, 0.05) is 45.8 Å². The lowest BCUT2D eigenvalue weighted by atomic mass is 10.2. The van der Waals surface area contributed by atoms with Crippen molar-refractivity contribution >= 4 is 45.7 Å². The SMILES string of the molecule is CCNC(=NCCCOC)NCCC(=O)NC1CCS(=O)(=O)C1.I. The standard InChI is InChI=1S/C14H28N4O4S.HI/c1-3-15-14(16-7-4-9-22-2)17-8-5-13(19)18-12-6-10-23(20,21)11-12;/h12H,3-11H2,1-2H3,(H,18,19)(H2,15,16,17);1H. The van der Waals surface area contributed by atoms with Crippen molar-refractivity contribution in [1.82, 2.24) is 16.0 Å². The van der Waals surface area contributed by atoms with Crippen LogP contribution in [-0.2, 0) is 19.4 Å². The minimum Gasteiger partial charge on any atom is -0.385 e. The number of hydrogen-bond acceptors (Lipinski definition) is 5. The Bertz CT molecular complexity index is 499. The van der Waals surface area contributed by atoms with Gasteiger partial charge in [-0.05, 0) is 19.8 Å². The highest BCUT2D eigenvalue weighted by Crippen LogP contribution is 2.11. The molecule has 0 bridgehead atoms. The first-order valence-corrected chi connectivity index (χ1v) is 9.80. The normalized spacial score (nSPS) is 19.4. The van der Waals surface area contributed by atoms with E-state index in [9.17, 15) is 13.2 Å². The van der Waals surface area contributed by atoms with Crippen molar-refractivity contribution in [2.75, 3.05) is 44.9 Å². The van der Waals surface area contributed by atoms with Crippen molar-refractivity contribution < 1.29 is 17.9 Å². The van der Waals surface area contributed by atoms with E-state index in [2.05, 4.69) is 20.9 Å². The Morgan fingerprint density at radius 2 is 2.08 bits per heavy atom. The van der Waals surface area contributed by atoms with Gasteiger partial charge >= 0.3 is 0 Å². The fourth-order valence-corrected chi connectivity index (χ4v) is 3.92. The van der Waals surface area contributed by atoms with Crippen LogP contribution in [0.4, 0.5) is 0 Å². The summed E-state index contributed by atoms with van der Waals surface area (Å²) in [4.78, 5) is 16.2. The molecule has 3 N–H and O–H groups in total. The summed E-state index contributed by atoms with van der Waals surface area (Å²) in [5.41, 5.74) is 0. The van der Waals surface area contributed by atoms with Crippen LogP contribution in [0.15, 0.2) is 4.99 Å². The second kappa shape index (κ2) is 12.7. The Kier molecular flexibility index (Phi) is 12.4. The van der Waals surface area contributed by atoms with E-state index in [0.29, 0.717) is 32.1 Å². The van der Waals surface area contributed by atoms with E-state index in [4.69, 9.17) is 4.74 Å². The van der Waals surface area contributed by atoms with E-state index in [1.54, 1.807) is 7.11 Å². The van der Waals surface area contributed by atoms with Crippen LogP contribution >= 0.6 is 24.0 Å². The van der Waals surface area contributed by atoms with Gasteiger partial charge in [0.05, 0.1) is 11.5 Å². The number of amides is 1. The van der Waals surface area contributed by atoms with Gasteiger partial charge in [-0.3, -0.25) is 9.79 Å². The molecule has 1 rings (SSSR count). The van der Waals surface area contributed by atoms with Gasteiger partial charge in [-0.1, -0.05) is 0 Å². The topological polar surface area (TPSA) is 109 Å². The number of sulfone groups is 1. The van der Waals surface area contributed by atoms with E-state index >= 15 is 0 Å². The Balaban J connectivity index is 0.00000529. The molecule has 0 saturated carbocycles. The Morgan fingerprint density at radius 3 is 2.67 bits per heavy atom. The number of ether oxygens (including phenoxy) is 1. The molecule has 1 fully saturated rings. The third kappa shape index (κ3) is 10.3. The number of halogens is 1. The van der Waals surface area contributed by atoms with E-state index in [1.165, 1.54) is 0 Å². The number of carbonyl (C=O) groups is 1. The number of carbonyl (C=O) groups excluding carboxylic acids is 1. The summed E-state index contributed by atoms with van der Waals surface area (Å²) in [5.74, 6) is 0.736. The van der Waals surface area contributed by atoms with Gasteiger partial charge in [0.15, 0.2) is 15.8 Å². The molecule has 1 amide bonds. The van der Waals surface area contributed by atoms with Crippen LogP contribution in [0.3, 0.4) is 0 Å². The van der Waals surface area contributed by atoms with Crippen LogP contribution in [0.25, 0.3) is 0 Å². The molecule has 8 nitrogen and oxygen atoms in total.